The predicted octanol–water partition coefficient (Wildman–Crippen LogP) is 3.73. The van der Waals surface area contributed by atoms with Crippen LogP contribution in [0.3, 0.4) is 0 Å². The summed E-state index contributed by atoms with van der Waals surface area (Å²) < 4.78 is 0. The fourth-order valence-electron chi connectivity index (χ4n) is 5.99. The number of carboxylic acid groups (broad SMARTS) is 1. The number of carbonyl (C=O) groups is 1. The first kappa shape index (κ1) is 13.8. The van der Waals surface area contributed by atoms with Crippen molar-refractivity contribution in [1.82, 2.24) is 0 Å². The Kier molecular flexibility index (Phi) is 3.04. The van der Waals surface area contributed by atoms with E-state index in [0.717, 1.165) is 17.4 Å². The van der Waals surface area contributed by atoms with Crippen LogP contribution >= 0.6 is 0 Å². The van der Waals surface area contributed by atoms with E-state index in [1.54, 1.807) is 0 Å². The summed E-state index contributed by atoms with van der Waals surface area (Å²) in [6, 6.07) is 9.90. The molecule has 0 aromatic heterocycles. The highest BCUT2D eigenvalue weighted by molar-refractivity contribution is 5.69. The summed E-state index contributed by atoms with van der Waals surface area (Å²) in [4.78, 5) is 11.6. The molecule has 0 unspecified atom stereocenters. The van der Waals surface area contributed by atoms with Crippen molar-refractivity contribution in [3.8, 4) is 6.07 Å². The van der Waals surface area contributed by atoms with Gasteiger partial charge in [-0.3, -0.25) is 4.79 Å². The van der Waals surface area contributed by atoms with E-state index in [0.29, 0.717) is 17.4 Å². The number of hydrogen-bond donors (Lipinski definition) is 1. The van der Waals surface area contributed by atoms with Crippen LogP contribution in [0.25, 0.3) is 0 Å². The minimum atomic E-state index is -0.683. The van der Waals surface area contributed by atoms with Gasteiger partial charge in [0.2, 0.25) is 0 Å². The zero-order valence-electron chi connectivity index (χ0n) is 12.7. The van der Waals surface area contributed by atoms with Gasteiger partial charge in [0.25, 0.3) is 0 Å². The Morgan fingerprint density at radius 2 is 1.64 bits per heavy atom. The summed E-state index contributed by atoms with van der Waals surface area (Å²) in [6.07, 6.45) is 6.39. The van der Waals surface area contributed by atoms with E-state index >= 15 is 0 Å². The van der Waals surface area contributed by atoms with Gasteiger partial charge in [0.1, 0.15) is 0 Å². The molecule has 1 N–H and O–H groups in total. The molecule has 4 fully saturated rings. The largest absolute Gasteiger partial charge is 0.481 e. The summed E-state index contributed by atoms with van der Waals surface area (Å²) in [6.45, 7) is 0. The Morgan fingerprint density at radius 1 is 1.09 bits per heavy atom. The van der Waals surface area contributed by atoms with Crippen LogP contribution in [0.2, 0.25) is 0 Å². The molecule has 0 amide bonds. The van der Waals surface area contributed by atoms with Gasteiger partial charge in [-0.05, 0) is 73.5 Å². The topological polar surface area (TPSA) is 61.1 Å². The maximum absolute atomic E-state index is 11.6. The SMILES string of the molecule is N#Cc1ccc(C2(CC(=O)O)C3CC4CC(C3)CC2C4)cc1. The van der Waals surface area contributed by atoms with Gasteiger partial charge in [-0.15, -0.1) is 0 Å². The number of carboxylic acids is 1. The zero-order chi connectivity index (χ0) is 15.3. The van der Waals surface area contributed by atoms with Gasteiger partial charge in [0.05, 0.1) is 18.1 Å². The standard InChI is InChI=1S/C19H21NO2/c20-11-12-1-3-15(4-2-12)19(10-18(21)22)16-6-13-5-14(8-16)9-17(19)7-13/h1-4,13-14,16-17H,5-10H2,(H,21,22). The second kappa shape index (κ2) is 4.84. The molecule has 0 radical (unpaired) electrons. The van der Waals surface area contributed by atoms with E-state index in [-0.39, 0.29) is 11.8 Å². The lowest BCUT2D eigenvalue weighted by atomic mass is 9.43. The van der Waals surface area contributed by atoms with E-state index in [2.05, 4.69) is 6.07 Å². The van der Waals surface area contributed by atoms with Crippen molar-refractivity contribution < 1.29 is 9.90 Å². The highest BCUT2D eigenvalue weighted by Crippen LogP contribution is 2.64. The number of hydrogen-bond acceptors (Lipinski definition) is 2. The predicted molar refractivity (Wildman–Crippen MR) is 82.1 cm³/mol. The molecule has 4 saturated carbocycles. The number of rotatable bonds is 3. The van der Waals surface area contributed by atoms with Crippen LogP contribution in [0.5, 0.6) is 0 Å². The third kappa shape index (κ3) is 1.90. The zero-order valence-corrected chi connectivity index (χ0v) is 12.7. The molecule has 114 valence electrons. The number of nitrogens with zero attached hydrogens (tertiary/aromatic N) is 1. The molecular weight excluding hydrogens is 274 g/mol. The van der Waals surface area contributed by atoms with Crippen LogP contribution in [-0.2, 0) is 10.2 Å². The van der Waals surface area contributed by atoms with E-state index < -0.39 is 5.97 Å². The normalized spacial score (nSPS) is 38.7. The van der Waals surface area contributed by atoms with Crippen molar-refractivity contribution in [3.05, 3.63) is 35.4 Å². The van der Waals surface area contributed by atoms with Crippen molar-refractivity contribution in [2.24, 2.45) is 23.7 Å². The molecule has 0 atom stereocenters. The minimum absolute atomic E-state index is 0.201. The molecule has 5 rings (SSSR count). The molecule has 4 bridgehead atoms. The maximum atomic E-state index is 11.6. The Hall–Kier alpha value is -1.82. The molecule has 3 nitrogen and oxygen atoms in total. The quantitative estimate of drug-likeness (QED) is 0.924. The molecule has 4 aliphatic carbocycles. The van der Waals surface area contributed by atoms with Gasteiger partial charge >= 0.3 is 5.97 Å². The highest BCUT2D eigenvalue weighted by atomic mass is 16.4. The first-order valence-corrected chi connectivity index (χ1v) is 8.34. The summed E-state index contributed by atoms with van der Waals surface area (Å²) in [5.74, 6) is 1.98. The van der Waals surface area contributed by atoms with Crippen molar-refractivity contribution in [1.29, 1.82) is 5.26 Å². The molecule has 0 heterocycles. The molecule has 1 aromatic carbocycles. The van der Waals surface area contributed by atoms with Gasteiger partial charge in [0, 0.05) is 5.41 Å². The minimum Gasteiger partial charge on any atom is -0.481 e. The van der Waals surface area contributed by atoms with E-state index in [9.17, 15) is 9.90 Å². The van der Waals surface area contributed by atoms with Crippen LogP contribution in [-0.4, -0.2) is 11.1 Å². The molecule has 0 aliphatic heterocycles. The van der Waals surface area contributed by atoms with E-state index in [1.807, 2.05) is 24.3 Å². The third-order valence-corrected chi connectivity index (χ3v) is 6.59. The smallest absolute Gasteiger partial charge is 0.304 e. The van der Waals surface area contributed by atoms with Gasteiger partial charge in [-0.1, -0.05) is 12.1 Å². The van der Waals surface area contributed by atoms with Crippen LogP contribution < -0.4 is 0 Å². The van der Waals surface area contributed by atoms with Gasteiger partial charge in [-0.25, -0.2) is 0 Å². The lowest BCUT2D eigenvalue weighted by Crippen LogP contribution is -2.56. The van der Waals surface area contributed by atoms with Crippen molar-refractivity contribution in [2.45, 2.75) is 43.9 Å². The van der Waals surface area contributed by atoms with Crippen LogP contribution in [0, 0.1) is 35.0 Å². The lowest BCUT2D eigenvalue weighted by Gasteiger charge is -2.61. The van der Waals surface area contributed by atoms with Crippen LogP contribution in [0.4, 0.5) is 0 Å². The van der Waals surface area contributed by atoms with E-state index in [4.69, 9.17) is 5.26 Å². The third-order valence-electron chi connectivity index (χ3n) is 6.59. The summed E-state index contributed by atoms with van der Waals surface area (Å²) in [5, 5.41) is 18.6. The highest BCUT2D eigenvalue weighted by Gasteiger charge is 2.58. The molecule has 22 heavy (non-hydrogen) atoms. The average Bonchev–Trinajstić information content (AvgIpc) is 2.50. The molecule has 4 aliphatic rings. The number of nitriles is 1. The Balaban J connectivity index is 1.80. The average molecular weight is 295 g/mol. The Labute approximate surface area is 131 Å². The monoisotopic (exact) mass is 295 g/mol. The fourth-order valence-corrected chi connectivity index (χ4v) is 5.99. The number of benzene rings is 1. The van der Waals surface area contributed by atoms with Crippen LogP contribution in [0.1, 0.15) is 49.7 Å². The lowest BCUT2D eigenvalue weighted by molar-refractivity contribution is -0.144. The Morgan fingerprint density at radius 3 is 2.09 bits per heavy atom. The Bertz CT molecular complexity index is 612. The second-order valence-electron chi connectivity index (χ2n) is 7.60. The number of aliphatic carboxylic acids is 1. The van der Waals surface area contributed by atoms with E-state index in [1.165, 1.54) is 32.1 Å². The summed E-state index contributed by atoms with van der Waals surface area (Å²) in [5.41, 5.74) is 1.61. The molecule has 0 spiro atoms. The first-order chi connectivity index (χ1) is 10.6. The summed E-state index contributed by atoms with van der Waals surface area (Å²) >= 11 is 0. The van der Waals surface area contributed by atoms with Gasteiger partial charge < -0.3 is 5.11 Å². The van der Waals surface area contributed by atoms with Crippen molar-refractivity contribution >= 4 is 5.97 Å². The fraction of sp³-hybridized carbons (Fsp3) is 0.579. The molecular formula is C19H21NO2. The van der Waals surface area contributed by atoms with Crippen LogP contribution in [0.15, 0.2) is 24.3 Å². The molecule has 3 heteroatoms. The first-order valence-electron chi connectivity index (χ1n) is 8.34. The molecule has 0 saturated heterocycles. The molecule has 1 aromatic rings. The van der Waals surface area contributed by atoms with Crippen molar-refractivity contribution in [2.75, 3.05) is 0 Å². The second-order valence-corrected chi connectivity index (χ2v) is 7.60. The van der Waals surface area contributed by atoms with Gasteiger partial charge in [0.15, 0.2) is 0 Å². The maximum Gasteiger partial charge on any atom is 0.304 e. The summed E-state index contributed by atoms with van der Waals surface area (Å²) in [7, 11) is 0. The van der Waals surface area contributed by atoms with Crippen molar-refractivity contribution in [3.63, 3.8) is 0 Å². The van der Waals surface area contributed by atoms with Gasteiger partial charge in [-0.2, -0.15) is 5.26 Å².